The Morgan fingerprint density at radius 3 is 2.21 bits per heavy atom. The van der Waals surface area contributed by atoms with Crippen LogP contribution in [-0.4, -0.2) is 42.1 Å². The lowest BCUT2D eigenvalue weighted by atomic mass is 9.84. The first-order chi connectivity index (χ1) is 18.5. The molecule has 1 aliphatic heterocycles. The van der Waals surface area contributed by atoms with Crippen LogP contribution < -0.4 is 14.4 Å². The number of amides is 1. The van der Waals surface area contributed by atoms with Crippen molar-refractivity contribution in [2.45, 2.75) is 38.6 Å². The van der Waals surface area contributed by atoms with E-state index in [1.54, 1.807) is 73.8 Å². The number of carbonyl (C=O) groups is 3. The van der Waals surface area contributed by atoms with Gasteiger partial charge < -0.3 is 19.7 Å². The summed E-state index contributed by atoms with van der Waals surface area (Å²) in [4.78, 5) is 39.4. The highest BCUT2D eigenvalue weighted by Crippen LogP contribution is 2.43. The minimum atomic E-state index is -0.978. The molecule has 1 aliphatic rings. The van der Waals surface area contributed by atoms with Crippen molar-refractivity contribution < 1.29 is 34.1 Å². The van der Waals surface area contributed by atoms with Gasteiger partial charge in [-0.25, -0.2) is 0 Å². The average molecular weight is 530 g/mol. The number of carboxylic acid groups (broad SMARTS) is 1. The number of carbonyl (C=O) groups excluding carboxylic acids is 2. The lowest BCUT2D eigenvalue weighted by Crippen LogP contribution is -2.29. The number of hydrogen-bond donors (Lipinski definition) is 2. The molecule has 1 amide bonds. The summed E-state index contributed by atoms with van der Waals surface area (Å²) in [6, 6.07) is 17.6. The molecule has 0 saturated carbocycles. The van der Waals surface area contributed by atoms with Crippen LogP contribution in [0.25, 0.3) is 5.76 Å². The molecule has 0 aliphatic carbocycles. The molecule has 1 fully saturated rings. The van der Waals surface area contributed by atoms with Crippen molar-refractivity contribution in [3.63, 3.8) is 0 Å². The lowest BCUT2D eigenvalue weighted by Gasteiger charge is -2.26. The largest absolute Gasteiger partial charge is 0.507 e. The number of ether oxygens (including phenoxy) is 2. The van der Waals surface area contributed by atoms with Crippen LogP contribution >= 0.6 is 0 Å². The standard InChI is InChI=1S/C31H31NO7/c1-31(2,3)23-17-20(11-14-24(23)39-5)28(35)26-27(19-7-6-8-22(16-19)38-4)32(30(37)29(26)36)21-12-9-18(10-13-21)15-25(33)34/h6-14,16-17,27,35H,15H2,1-5H3,(H,33,34)/b28-26-. The molecule has 0 spiro atoms. The number of Topliss-reactive ketones (excluding diaryl/α,β-unsaturated/α-hetero) is 1. The summed E-state index contributed by atoms with van der Waals surface area (Å²) in [5, 5.41) is 20.7. The molecule has 0 aromatic heterocycles. The Hall–Kier alpha value is -4.59. The van der Waals surface area contributed by atoms with Crippen LogP contribution in [0.4, 0.5) is 5.69 Å². The van der Waals surface area contributed by atoms with E-state index in [2.05, 4.69) is 0 Å². The van der Waals surface area contributed by atoms with Crippen molar-refractivity contribution in [3.05, 3.63) is 94.6 Å². The summed E-state index contributed by atoms with van der Waals surface area (Å²) in [5.41, 5.74) is 2.33. The minimum absolute atomic E-state index is 0.0621. The number of carboxylic acids is 1. The normalized spacial score (nSPS) is 16.8. The summed E-state index contributed by atoms with van der Waals surface area (Å²) in [6.45, 7) is 6.04. The topological polar surface area (TPSA) is 113 Å². The smallest absolute Gasteiger partial charge is 0.307 e. The Kier molecular flexibility index (Phi) is 7.49. The Morgan fingerprint density at radius 1 is 0.923 bits per heavy atom. The number of aliphatic hydroxyl groups is 1. The van der Waals surface area contributed by atoms with E-state index in [0.29, 0.717) is 33.9 Å². The first-order valence-corrected chi connectivity index (χ1v) is 12.4. The number of methoxy groups -OCH3 is 2. The number of benzene rings is 3. The summed E-state index contributed by atoms with van der Waals surface area (Å²) in [7, 11) is 3.09. The molecule has 1 unspecified atom stereocenters. The zero-order valence-electron chi connectivity index (χ0n) is 22.5. The summed E-state index contributed by atoms with van der Waals surface area (Å²) in [5.74, 6) is -1.75. The molecule has 0 bridgehead atoms. The highest BCUT2D eigenvalue weighted by molar-refractivity contribution is 6.51. The Balaban J connectivity index is 1.92. The molecule has 4 rings (SSSR count). The van der Waals surface area contributed by atoms with E-state index >= 15 is 0 Å². The maximum atomic E-state index is 13.5. The maximum Gasteiger partial charge on any atom is 0.307 e. The SMILES string of the molecule is COc1cccc(C2/C(=C(/O)c3ccc(OC)c(C(C)(C)C)c3)C(=O)C(=O)N2c2ccc(CC(=O)O)cc2)c1. The number of aliphatic hydroxyl groups excluding tert-OH is 1. The second-order valence-corrected chi connectivity index (χ2v) is 10.3. The van der Waals surface area contributed by atoms with Gasteiger partial charge in [0, 0.05) is 16.8 Å². The molecule has 1 atom stereocenters. The summed E-state index contributed by atoms with van der Waals surface area (Å²) >= 11 is 0. The molecule has 2 N–H and O–H groups in total. The van der Waals surface area contributed by atoms with Crippen LogP contribution in [0.2, 0.25) is 0 Å². The van der Waals surface area contributed by atoms with Crippen molar-refractivity contribution in [1.82, 2.24) is 0 Å². The van der Waals surface area contributed by atoms with E-state index < -0.39 is 23.7 Å². The van der Waals surface area contributed by atoms with E-state index in [-0.39, 0.29) is 23.2 Å². The van der Waals surface area contributed by atoms with Crippen LogP contribution in [0.3, 0.4) is 0 Å². The van der Waals surface area contributed by atoms with Crippen molar-refractivity contribution >= 4 is 29.1 Å². The van der Waals surface area contributed by atoms with Crippen molar-refractivity contribution in [1.29, 1.82) is 0 Å². The third kappa shape index (κ3) is 5.36. The lowest BCUT2D eigenvalue weighted by molar-refractivity contribution is -0.136. The van der Waals surface area contributed by atoms with E-state index in [1.807, 2.05) is 20.8 Å². The van der Waals surface area contributed by atoms with Gasteiger partial charge in [-0.3, -0.25) is 19.3 Å². The van der Waals surface area contributed by atoms with Gasteiger partial charge in [0.25, 0.3) is 11.7 Å². The second kappa shape index (κ2) is 10.6. The molecule has 3 aromatic carbocycles. The fraction of sp³-hybridized carbons (Fsp3) is 0.258. The highest BCUT2D eigenvalue weighted by atomic mass is 16.5. The predicted octanol–water partition coefficient (Wildman–Crippen LogP) is 5.25. The Bertz CT molecular complexity index is 1460. The molecule has 1 heterocycles. The van der Waals surface area contributed by atoms with Gasteiger partial charge in [0.2, 0.25) is 0 Å². The van der Waals surface area contributed by atoms with Gasteiger partial charge in [-0.2, -0.15) is 0 Å². The monoisotopic (exact) mass is 529 g/mol. The third-order valence-electron chi connectivity index (χ3n) is 6.70. The molecular formula is C31H31NO7. The second-order valence-electron chi connectivity index (χ2n) is 10.3. The first-order valence-electron chi connectivity index (χ1n) is 12.4. The maximum absolute atomic E-state index is 13.5. The average Bonchev–Trinajstić information content (AvgIpc) is 3.17. The number of nitrogens with zero attached hydrogens (tertiary/aromatic N) is 1. The summed E-state index contributed by atoms with van der Waals surface area (Å²) < 4.78 is 10.9. The first kappa shape index (κ1) is 27.4. The van der Waals surface area contributed by atoms with Gasteiger partial charge >= 0.3 is 5.97 Å². The third-order valence-corrected chi connectivity index (χ3v) is 6.70. The molecule has 8 heteroatoms. The number of ketones is 1. The minimum Gasteiger partial charge on any atom is -0.507 e. The van der Waals surface area contributed by atoms with Crippen LogP contribution in [-0.2, 0) is 26.2 Å². The van der Waals surface area contributed by atoms with E-state index in [0.717, 1.165) is 5.56 Å². The number of hydrogen-bond acceptors (Lipinski definition) is 6. The zero-order chi connectivity index (χ0) is 28.5. The molecule has 8 nitrogen and oxygen atoms in total. The molecule has 39 heavy (non-hydrogen) atoms. The van der Waals surface area contributed by atoms with Gasteiger partial charge in [-0.05, 0) is 59.0 Å². The van der Waals surface area contributed by atoms with Gasteiger partial charge in [0.15, 0.2) is 0 Å². The van der Waals surface area contributed by atoms with E-state index in [9.17, 15) is 19.5 Å². The Labute approximate surface area is 227 Å². The fourth-order valence-corrected chi connectivity index (χ4v) is 4.77. The van der Waals surface area contributed by atoms with Crippen molar-refractivity contribution in [2.24, 2.45) is 0 Å². The number of rotatable bonds is 7. The quantitative estimate of drug-likeness (QED) is 0.244. The van der Waals surface area contributed by atoms with Crippen LogP contribution in [0.5, 0.6) is 11.5 Å². The summed E-state index contributed by atoms with van der Waals surface area (Å²) in [6.07, 6.45) is -0.175. The van der Waals surface area contributed by atoms with Crippen LogP contribution in [0.15, 0.2) is 72.3 Å². The van der Waals surface area contributed by atoms with Crippen LogP contribution in [0, 0.1) is 0 Å². The molecule has 1 saturated heterocycles. The number of aliphatic carboxylic acids is 1. The highest BCUT2D eigenvalue weighted by Gasteiger charge is 2.47. The van der Waals surface area contributed by atoms with Crippen molar-refractivity contribution in [3.8, 4) is 11.5 Å². The van der Waals surface area contributed by atoms with Gasteiger partial charge in [-0.1, -0.05) is 45.0 Å². The molecule has 3 aromatic rings. The predicted molar refractivity (Wildman–Crippen MR) is 147 cm³/mol. The van der Waals surface area contributed by atoms with Gasteiger partial charge in [-0.15, -0.1) is 0 Å². The molecule has 202 valence electrons. The van der Waals surface area contributed by atoms with Crippen molar-refractivity contribution in [2.75, 3.05) is 19.1 Å². The number of anilines is 1. The fourth-order valence-electron chi connectivity index (χ4n) is 4.77. The van der Waals surface area contributed by atoms with Gasteiger partial charge in [0.1, 0.15) is 17.3 Å². The van der Waals surface area contributed by atoms with Gasteiger partial charge in [0.05, 0.1) is 32.3 Å². The van der Waals surface area contributed by atoms with E-state index in [4.69, 9.17) is 14.6 Å². The Morgan fingerprint density at radius 2 is 1.62 bits per heavy atom. The van der Waals surface area contributed by atoms with Crippen LogP contribution in [0.1, 0.15) is 49.1 Å². The molecule has 0 radical (unpaired) electrons. The van der Waals surface area contributed by atoms with E-state index in [1.165, 1.54) is 12.0 Å². The molecular weight excluding hydrogens is 498 g/mol. The zero-order valence-corrected chi connectivity index (χ0v) is 22.5.